The molecule has 0 aromatic rings. The van der Waals surface area contributed by atoms with Gasteiger partial charge in [0.25, 0.3) is 0 Å². The topological polar surface area (TPSA) is 169 Å². The zero-order valence-corrected chi connectivity index (χ0v) is 11.9. The maximum Gasteiger partial charge on any atom is 0.224 e. The molecule has 2 aliphatic rings. The van der Waals surface area contributed by atoms with Gasteiger partial charge in [0.15, 0.2) is 6.29 Å². The van der Waals surface area contributed by atoms with Crippen LogP contribution in [0, 0.1) is 0 Å². The van der Waals surface area contributed by atoms with Crippen LogP contribution in [0.15, 0.2) is 0 Å². The van der Waals surface area contributed by atoms with Gasteiger partial charge in [0.1, 0.15) is 43.2 Å². The van der Waals surface area contributed by atoms with Gasteiger partial charge in [-0.25, -0.2) is 0 Å². The molecule has 0 aliphatic carbocycles. The Balaban J connectivity index is 2.16. The van der Waals surface area contributed by atoms with Gasteiger partial charge in [-0.3, -0.25) is 0 Å². The van der Waals surface area contributed by atoms with Gasteiger partial charge in [0.2, 0.25) is 5.79 Å². The fraction of sp³-hybridized carbons (Fsp3) is 1.00. The number of hydrogen-bond acceptors (Lipinski definition) is 10. The van der Waals surface area contributed by atoms with E-state index in [-0.39, 0.29) is 0 Å². The van der Waals surface area contributed by atoms with Crippen molar-refractivity contribution in [3.8, 4) is 0 Å². The van der Waals surface area contributed by atoms with E-state index in [0.717, 1.165) is 0 Å². The molecule has 7 N–H and O–H groups in total. The van der Waals surface area contributed by atoms with Crippen molar-refractivity contribution in [1.29, 1.82) is 0 Å². The third-order valence-corrected chi connectivity index (χ3v) is 4.03. The van der Waals surface area contributed by atoms with Gasteiger partial charge in [-0.15, -0.1) is 0 Å². The summed E-state index contributed by atoms with van der Waals surface area (Å²) in [6, 6.07) is 0. The summed E-state index contributed by atoms with van der Waals surface area (Å²) in [5.41, 5.74) is 0. The monoisotopic (exact) mass is 326 g/mol. The van der Waals surface area contributed by atoms with E-state index >= 15 is 0 Å². The lowest BCUT2D eigenvalue weighted by atomic mass is 9.99. The fourth-order valence-corrected chi connectivity index (χ4v) is 2.58. The summed E-state index contributed by atoms with van der Waals surface area (Å²) in [4.78, 5) is 0. The Morgan fingerprint density at radius 1 is 0.955 bits per heavy atom. The van der Waals surface area contributed by atoms with Crippen molar-refractivity contribution in [2.45, 2.75) is 61.7 Å². The summed E-state index contributed by atoms with van der Waals surface area (Å²) in [6.45, 7) is -0.102. The molecule has 0 unspecified atom stereocenters. The first-order chi connectivity index (χ1) is 10.3. The highest BCUT2D eigenvalue weighted by Gasteiger charge is 2.58. The van der Waals surface area contributed by atoms with Crippen molar-refractivity contribution >= 4 is 0 Å². The molecule has 2 heterocycles. The molecule has 0 amide bonds. The zero-order valence-electron chi connectivity index (χ0n) is 11.9. The smallest absolute Gasteiger partial charge is 0.224 e. The van der Waals surface area contributed by atoms with Crippen LogP contribution in [0.1, 0.15) is 6.92 Å². The summed E-state index contributed by atoms with van der Waals surface area (Å²) in [6.07, 6.45) is -11.4. The van der Waals surface area contributed by atoms with E-state index in [2.05, 4.69) is 0 Å². The second-order valence-corrected chi connectivity index (χ2v) is 5.54. The molecule has 9 atom stereocenters. The minimum absolute atomic E-state index is 0.630. The average Bonchev–Trinajstić information content (AvgIpc) is 2.75. The lowest BCUT2D eigenvalue weighted by molar-refractivity contribution is -0.380. The Kier molecular flexibility index (Phi) is 5.39. The van der Waals surface area contributed by atoms with Gasteiger partial charge < -0.3 is 50.0 Å². The van der Waals surface area contributed by atoms with Crippen LogP contribution in [-0.2, 0) is 14.2 Å². The standard InChI is InChI=1S/C12H22O10/c1-4-6(15)8(17)9(18)11(20-4)22-12(3-14)10(19)7(16)5(2-13)21-12/h4-11,13-19H,2-3H2,1H3/t4-,5-,6+,7-,8+,9-,10+,11-,12+/m1/s1. The van der Waals surface area contributed by atoms with E-state index in [1.165, 1.54) is 6.92 Å². The molecular formula is C12H22O10. The summed E-state index contributed by atoms with van der Waals surface area (Å²) in [5.74, 6) is -2.14. The number of hydrogen-bond donors (Lipinski definition) is 7. The van der Waals surface area contributed by atoms with E-state index < -0.39 is 68.0 Å². The largest absolute Gasteiger partial charge is 0.394 e. The fourth-order valence-electron chi connectivity index (χ4n) is 2.58. The Morgan fingerprint density at radius 2 is 1.59 bits per heavy atom. The van der Waals surface area contributed by atoms with Crippen LogP contribution < -0.4 is 0 Å². The molecule has 0 radical (unpaired) electrons. The second kappa shape index (κ2) is 6.61. The highest BCUT2D eigenvalue weighted by atomic mass is 16.8. The second-order valence-electron chi connectivity index (χ2n) is 5.54. The molecule has 0 bridgehead atoms. The van der Waals surface area contributed by atoms with Crippen molar-refractivity contribution in [2.75, 3.05) is 13.2 Å². The van der Waals surface area contributed by atoms with Crippen LogP contribution >= 0.6 is 0 Å². The molecule has 2 aliphatic heterocycles. The van der Waals surface area contributed by atoms with E-state index in [0.29, 0.717) is 0 Å². The van der Waals surface area contributed by atoms with E-state index in [1.807, 2.05) is 0 Å². The lowest BCUT2D eigenvalue weighted by Crippen LogP contribution is -2.61. The summed E-state index contributed by atoms with van der Waals surface area (Å²) in [7, 11) is 0. The molecule has 2 fully saturated rings. The first-order valence-electron chi connectivity index (χ1n) is 6.90. The van der Waals surface area contributed by atoms with Crippen LogP contribution in [-0.4, -0.2) is 104 Å². The van der Waals surface area contributed by atoms with Crippen molar-refractivity contribution in [3.63, 3.8) is 0 Å². The van der Waals surface area contributed by atoms with Gasteiger partial charge >= 0.3 is 0 Å². The van der Waals surface area contributed by atoms with Crippen molar-refractivity contribution in [1.82, 2.24) is 0 Å². The van der Waals surface area contributed by atoms with Gasteiger partial charge in [-0.1, -0.05) is 0 Å². The van der Waals surface area contributed by atoms with Gasteiger partial charge in [-0.05, 0) is 6.92 Å². The third kappa shape index (κ3) is 2.87. The van der Waals surface area contributed by atoms with Crippen LogP contribution in [0.25, 0.3) is 0 Å². The Morgan fingerprint density at radius 3 is 2.09 bits per heavy atom. The number of aliphatic hydroxyl groups is 7. The molecule has 0 saturated carbocycles. The zero-order chi connectivity index (χ0) is 16.7. The minimum atomic E-state index is -2.14. The highest BCUT2D eigenvalue weighted by Crippen LogP contribution is 2.35. The van der Waals surface area contributed by atoms with Gasteiger partial charge in [0, 0.05) is 0 Å². The summed E-state index contributed by atoms with van der Waals surface area (Å²) >= 11 is 0. The van der Waals surface area contributed by atoms with Crippen LogP contribution in [0.2, 0.25) is 0 Å². The SMILES string of the molecule is C[C@H]1O[C@H](O[C@]2(CO)O[C@H](CO)[C@@H](O)[C@@H]2O)[C@H](O)[C@@H](O)[C@H]1O. The molecular weight excluding hydrogens is 304 g/mol. The van der Waals surface area contributed by atoms with Crippen LogP contribution in [0.5, 0.6) is 0 Å². The predicted molar refractivity (Wildman–Crippen MR) is 67.2 cm³/mol. The highest BCUT2D eigenvalue weighted by molar-refractivity contribution is 4.98. The molecule has 0 aromatic heterocycles. The number of ether oxygens (including phenoxy) is 3. The normalized spacial score (nSPS) is 52.9. The molecule has 2 saturated heterocycles. The Labute approximate surface area is 126 Å². The minimum Gasteiger partial charge on any atom is -0.394 e. The van der Waals surface area contributed by atoms with Crippen molar-refractivity contribution in [3.05, 3.63) is 0 Å². The van der Waals surface area contributed by atoms with Crippen molar-refractivity contribution < 1.29 is 50.0 Å². The van der Waals surface area contributed by atoms with Crippen LogP contribution in [0.4, 0.5) is 0 Å². The molecule has 0 spiro atoms. The summed E-state index contributed by atoms with van der Waals surface area (Å²) < 4.78 is 15.6. The lowest BCUT2D eigenvalue weighted by Gasteiger charge is -2.42. The molecule has 130 valence electrons. The number of aliphatic hydroxyl groups excluding tert-OH is 7. The van der Waals surface area contributed by atoms with E-state index in [4.69, 9.17) is 19.3 Å². The average molecular weight is 326 g/mol. The van der Waals surface area contributed by atoms with Crippen molar-refractivity contribution in [2.24, 2.45) is 0 Å². The van der Waals surface area contributed by atoms with E-state index in [1.54, 1.807) is 0 Å². The quantitative estimate of drug-likeness (QED) is 0.268. The third-order valence-electron chi connectivity index (χ3n) is 4.03. The Bertz CT molecular complexity index is 381. The molecule has 0 aromatic carbocycles. The van der Waals surface area contributed by atoms with Gasteiger partial charge in [0.05, 0.1) is 12.7 Å². The molecule has 2 rings (SSSR count). The number of rotatable bonds is 4. The molecule has 10 heteroatoms. The molecule has 10 nitrogen and oxygen atoms in total. The predicted octanol–water partition coefficient (Wildman–Crippen LogP) is -4.37. The first-order valence-corrected chi connectivity index (χ1v) is 6.90. The van der Waals surface area contributed by atoms with Crippen LogP contribution in [0.3, 0.4) is 0 Å². The maximum absolute atomic E-state index is 9.99. The molecule has 22 heavy (non-hydrogen) atoms. The summed E-state index contributed by atoms with van der Waals surface area (Å²) in [5, 5.41) is 67.5. The van der Waals surface area contributed by atoms with E-state index in [9.17, 15) is 30.6 Å². The Hall–Kier alpha value is -0.400. The first kappa shape index (κ1) is 17.9. The van der Waals surface area contributed by atoms with Gasteiger partial charge in [-0.2, -0.15) is 0 Å². The maximum atomic E-state index is 9.99.